The first kappa shape index (κ1) is 36.3. The maximum Gasteiger partial charge on any atom is 0.505 e. The summed E-state index contributed by atoms with van der Waals surface area (Å²) in [6.07, 6.45) is 13.8. The van der Waals surface area contributed by atoms with E-state index in [0.29, 0.717) is 6.61 Å². The molecule has 0 radical (unpaired) electrons. The molecule has 1 N–H and O–H groups in total. The largest absolute Gasteiger partial charge is 0.505 e. The zero-order valence-electron chi connectivity index (χ0n) is 21.5. The van der Waals surface area contributed by atoms with Crippen LogP contribution in [0.1, 0.15) is 105 Å². The highest BCUT2D eigenvalue weighted by molar-refractivity contribution is 5.85. The van der Waals surface area contributed by atoms with E-state index >= 15 is 0 Å². The molecule has 0 rings (SSSR count). The number of carboxylic acid groups (broad SMARTS) is 1. The van der Waals surface area contributed by atoms with Crippen LogP contribution in [0.15, 0.2) is 0 Å². The van der Waals surface area contributed by atoms with Crippen molar-refractivity contribution in [3.63, 3.8) is 0 Å². The van der Waals surface area contributed by atoms with Crippen LogP contribution in [0, 0.1) is 5.92 Å². The summed E-state index contributed by atoms with van der Waals surface area (Å²) >= 11 is 0. The van der Waals surface area contributed by atoms with E-state index in [4.69, 9.17) is 5.11 Å². The molecular formula is C25H54Cl2N2O3. The lowest BCUT2D eigenvalue weighted by atomic mass is 9.97. The van der Waals surface area contributed by atoms with Gasteiger partial charge in [-0.05, 0) is 70.6 Å². The molecule has 0 bridgehead atoms. The number of unbranched alkanes of at least 4 members (excludes halogenated alkanes) is 5. The van der Waals surface area contributed by atoms with Crippen molar-refractivity contribution >= 4 is 31.0 Å². The number of nitrogens with zero attached hydrogens (tertiary/aromatic N) is 2. The van der Waals surface area contributed by atoms with Crippen molar-refractivity contribution in [3.05, 3.63) is 0 Å². The van der Waals surface area contributed by atoms with E-state index in [0.717, 1.165) is 32.0 Å². The third-order valence-corrected chi connectivity index (χ3v) is 6.01. The highest BCUT2D eigenvalue weighted by Gasteiger charge is 2.13. The Kier molecular flexibility index (Phi) is 30.7. The minimum atomic E-state index is -1.16. The average Bonchev–Trinajstić information content (AvgIpc) is 2.74. The second-order valence-electron chi connectivity index (χ2n) is 8.79. The highest BCUT2D eigenvalue weighted by Crippen LogP contribution is 2.16. The van der Waals surface area contributed by atoms with E-state index in [2.05, 4.69) is 42.2 Å². The van der Waals surface area contributed by atoms with Crippen molar-refractivity contribution in [3.8, 4) is 0 Å². The first-order chi connectivity index (χ1) is 14.6. The van der Waals surface area contributed by atoms with Gasteiger partial charge in [0, 0.05) is 13.1 Å². The molecule has 0 amide bonds. The van der Waals surface area contributed by atoms with Crippen LogP contribution in [0.3, 0.4) is 0 Å². The van der Waals surface area contributed by atoms with Gasteiger partial charge >= 0.3 is 6.16 Å². The van der Waals surface area contributed by atoms with E-state index in [1.54, 1.807) is 0 Å². The normalized spacial score (nSPS) is 11.8. The maximum absolute atomic E-state index is 10.5. The van der Waals surface area contributed by atoms with Gasteiger partial charge in [-0.2, -0.15) is 0 Å². The lowest BCUT2D eigenvalue weighted by Gasteiger charge is -2.27. The van der Waals surface area contributed by atoms with Crippen molar-refractivity contribution in [1.29, 1.82) is 0 Å². The predicted molar refractivity (Wildman–Crippen MR) is 143 cm³/mol. The van der Waals surface area contributed by atoms with Gasteiger partial charge in [-0.25, -0.2) is 4.79 Å². The third kappa shape index (κ3) is 22.9. The molecule has 0 spiro atoms. The van der Waals surface area contributed by atoms with Crippen LogP contribution in [0.25, 0.3) is 0 Å². The summed E-state index contributed by atoms with van der Waals surface area (Å²) in [6, 6.07) is 0. The topological polar surface area (TPSA) is 53.0 Å². The molecule has 0 saturated carbocycles. The van der Waals surface area contributed by atoms with Crippen LogP contribution < -0.4 is 0 Å². The van der Waals surface area contributed by atoms with E-state index < -0.39 is 6.16 Å². The van der Waals surface area contributed by atoms with Gasteiger partial charge in [-0.3, -0.25) is 0 Å². The molecule has 0 aromatic heterocycles. The zero-order valence-corrected chi connectivity index (χ0v) is 23.1. The summed E-state index contributed by atoms with van der Waals surface area (Å²) in [4.78, 5) is 15.7. The first-order valence-electron chi connectivity index (χ1n) is 12.9. The Morgan fingerprint density at radius 2 is 1.22 bits per heavy atom. The van der Waals surface area contributed by atoms with Crippen LogP contribution in [0.5, 0.6) is 0 Å². The van der Waals surface area contributed by atoms with E-state index in [-0.39, 0.29) is 24.8 Å². The Morgan fingerprint density at radius 1 is 0.719 bits per heavy atom. The van der Waals surface area contributed by atoms with E-state index in [1.165, 1.54) is 90.3 Å². The fourth-order valence-electron chi connectivity index (χ4n) is 3.96. The lowest BCUT2D eigenvalue weighted by molar-refractivity contribution is 0.0859. The summed E-state index contributed by atoms with van der Waals surface area (Å²) in [7, 11) is 0. The standard InChI is InChI=1S/C25H52N2O3.2ClH/c1-5-9-17-26(18-10-6-2)20-14-12-13-16-24(8-4)23-27(19-11-7-3)21-15-22-30-25(28)29;;/h24H,5-23H2,1-4H3,(H,28,29);2*1H. The number of carbonyl (C=O) groups is 1. The Hall–Kier alpha value is -0.230. The molecule has 0 aliphatic carbocycles. The van der Waals surface area contributed by atoms with Crippen LogP contribution in [-0.4, -0.2) is 66.9 Å². The second-order valence-corrected chi connectivity index (χ2v) is 8.79. The van der Waals surface area contributed by atoms with E-state index in [9.17, 15) is 4.79 Å². The van der Waals surface area contributed by atoms with E-state index in [1.807, 2.05) is 0 Å². The first-order valence-corrected chi connectivity index (χ1v) is 12.9. The molecule has 1 unspecified atom stereocenters. The smallest absolute Gasteiger partial charge is 0.450 e. The van der Waals surface area contributed by atoms with Crippen LogP contribution in [-0.2, 0) is 4.74 Å². The average molecular weight is 502 g/mol. The quantitative estimate of drug-likeness (QED) is 0.123. The van der Waals surface area contributed by atoms with Crippen LogP contribution >= 0.6 is 24.8 Å². The van der Waals surface area contributed by atoms with Crippen molar-refractivity contribution in [2.24, 2.45) is 5.92 Å². The number of ether oxygens (including phenoxy) is 1. The molecule has 0 aliphatic heterocycles. The molecule has 0 aromatic carbocycles. The molecule has 0 fully saturated rings. The predicted octanol–water partition coefficient (Wildman–Crippen LogP) is 7.51. The Labute approximate surface area is 211 Å². The number of halogens is 2. The number of hydrogen-bond acceptors (Lipinski definition) is 4. The van der Waals surface area contributed by atoms with Crippen molar-refractivity contribution in [1.82, 2.24) is 9.80 Å². The summed E-state index contributed by atoms with van der Waals surface area (Å²) in [5, 5.41) is 8.62. The summed E-state index contributed by atoms with van der Waals surface area (Å²) in [6.45, 7) is 16.4. The molecule has 0 heterocycles. The third-order valence-electron chi connectivity index (χ3n) is 6.01. The van der Waals surface area contributed by atoms with Gasteiger partial charge in [0.15, 0.2) is 0 Å². The molecule has 5 nitrogen and oxygen atoms in total. The monoisotopic (exact) mass is 500 g/mol. The second kappa shape index (κ2) is 27.0. The van der Waals surface area contributed by atoms with Crippen molar-refractivity contribution in [2.45, 2.75) is 105 Å². The van der Waals surface area contributed by atoms with Crippen LogP contribution in [0.2, 0.25) is 0 Å². The molecule has 1 atom stereocenters. The minimum Gasteiger partial charge on any atom is -0.450 e. The Morgan fingerprint density at radius 3 is 1.72 bits per heavy atom. The van der Waals surface area contributed by atoms with Gasteiger partial charge < -0.3 is 19.6 Å². The lowest BCUT2D eigenvalue weighted by Crippen LogP contribution is -2.32. The molecule has 32 heavy (non-hydrogen) atoms. The van der Waals surface area contributed by atoms with Crippen molar-refractivity contribution in [2.75, 3.05) is 45.9 Å². The highest BCUT2D eigenvalue weighted by atomic mass is 35.5. The van der Waals surface area contributed by atoms with Gasteiger partial charge in [0.2, 0.25) is 0 Å². The van der Waals surface area contributed by atoms with Gasteiger partial charge in [-0.1, -0.05) is 66.2 Å². The van der Waals surface area contributed by atoms with Crippen molar-refractivity contribution < 1.29 is 14.6 Å². The molecule has 0 aromatic rings. The van der Waals surface area contributed by atoms with Gasteiger partial charge in [0.05, 0.1) is 6.61 Å². The fraction of sp³-hybridized carbons (Fsp3) is 0.960. The molecular weight excluding hydrogens is 447 g/mol. The zero-order chi connectivity index (χ0) is 22.5. The minimum absolute atomic E-state index is 0. The Balaban J connectivity index is -0.00000420. The molecule has 0 aliphatic rings. The van der Waals surface area contributed by atoms with Crippen LogP contribution in [0.4, 0.5) is 4.79 Å². The fourth-order valence-corrected chi connectivity index (χ4v) is 3.96. The summed E-state index contributed by atoms with van der Waals surface area (Å²) < 4.78 is 4.67. The molecule has 196 valence electrons. The van der Waals surface area contributed by atoms with Gasteiger partial charge in [0.1, 0.15) is 0 Å². The SMILES string of the molecule is CCCCN(CCCC)CCCCCC(CC)CN(CCCC)CCCOC(=O)O.Cl.Cl. The number of hydrogen-bond donors (Lipinski definition) is 1. The molecule has 0 saturated heterocycles. The summed E-state index contributed by atoms with van der Waals surface area (Å²) in [5.41, 5.74) is 0. The van der Waals surface area contributed by atoms with Gasteiger partial charge in [0.25, 0.3) is 0 Å². The maximum atomic E-state index is 10.5. The summed E-state index contributed by atoms with van der Waals surface area (Å²) in [5.74, 6) is 0.749. The number of rotatable bonds is 22. The molecule has 7 heteroatoms. The Bertz CT molecular complexity index is 382. The van der Waals surface area contributed by atoms with Gasteiger partial charge in [-0.15, -0.1) is 24.8 Å².